The number of nitrogens with one attached hydrogen (secondary N) is 1. The molecule has 0 saturated carbocycles. The number of rotatable bonds is 4. The van der Waals surface area contributed by atoms with Crippen molar-refractivity contribution in [2.45, 2.75) is 6.92 Å². The minimum Gasteiger partial charge on any atom is -0.508 e. The van der Waals surface area contributed by atoms with Gasteiger partial charge in [-0.05, 0) is 30.7 Å². The number of carbonyl (C=O) groups excluding carboxylic acids is 1. The number of nitrogens with two attached hydrogens (primary N) is 1. The first kappa shape index (κ1) is 11.5. The maximum atomic E-state index is 11.6. The van der Waals surface area contributed by atoms with E-state index in [1.165, 1.54) is 12.1 Å². The summed E-state index contributed by atoms with van der Waals surface area (Å²) >= 11 is 0. The monoisotopic (exact) mass is 208 g/mol. The lowest BCUT2D eigenvalue weighted by Crippen LogP contribution is -2.31. The first-order valence-electron chi connectivity index (χ1n) is 4.90. The van der Waals surface area contributed by atoms with E-state index in [4.69, 9.17) is 5.73 Å². The molecule has 0 fully saturated rings. The van der Waals surface area contributed by atoms with Crippen molar-refractivity contribution in [1.29, 1.82) is 0 Å². The van der Waals surface area contributed by atoms with E-state index in [0.29, 0.717) is 18.7 Å². The third-order valence-electron chi connectivity index (χ3n) is 2.12. The molecule has 0 aliphatic carbocycles. The lowest BCUT2D eigenvalue weighted by atomic mass is 10.1. The Morgan fingerprint density at radius 2 is 2.33 bits per heavy atom. The van der Waals surface area contributed by atoms with Gasteiger partial charge in [0, 0.05) is 12.1 Å². The van der Waals surface area contributed by atoms with Gasteiger partial charge in [0.15, 0.2) is 0 Å². The van der Waals surface area contributed by atoms with Gasteiger partial charge in [-0.1, -0.05) is 13.0 Å². The van der Waals surface area contributed by atoms with Gasteiger partial charge < -0.3 is 16.2 Å². The highest BCUT2D eigenvalue weighted by atomic mass is 16.3. The summed E-state index contributed by atoms with van der Waals surface area (Å²) in [6.07, 6.45) is 0. The van der Waals surface area contributed by atoms with Gasteiger partial charge in [-0.25, -0.2) is 0 Å². The second-order valence-corrected chi connectivity index (χ2v) is 3.60. The normalized spacial score (nSPS) is 12.1. The Kier molecular flexibility index (Phi) is 4.12. The molecule has 1 aromatic carbocycles. The SMILES string of the molecule is CC(CN)CNC(=O)c1cccc(O)c1. The molecule has 1 atom stereocenters. The molecule has 4 N–H and O–H groups in total. The zero-order valence-electron chi connectivity index (χ0n) is 8.73. The summed E-state index contributed by atoms with van der Waals surface area (Å²) in [5, 5.41) is 11.9. The van der Waals surface area contributed by atoms with E-state index >= 15 is 0 Å². The van der Waals surface area contributed by atoms with Crippen LogP contribution in [0.15, 0.2) is 24.3 Å². The Morgan fingerprint density at radius 3 is 2.93 bits per heavy atom. The molecule has 0 aliphatic rings. The number of aromatic hydroxyl groups is 1. The smallest absolute Gasteiger partial charge is 0.251 e. The van der Waals surface area contributed by atoms with Gasteiger partial charge in [-0.3, -0.25) is 4.79 Å². The number of phenols is 1. The average Bonchev–Trinajstić information content (AvgIpc) is 2.25. The van der Waals surface area contributed by atoms with Crippen LogP contribution in [0.5, 0.6) is 5.75 Å². The van der Waals surface area contributed by atoms with Crippen molar-refractivity contribution < 1.29 is 9.90 Å². The number of amides is 1. The highest BCUT2D eigenvalue weighted by molar-refractivity contribution is 5.94. The van der Waals surface area contributed by atoms with Crippen LogP contribution in [0.25, 0.3) is 0 Å². The summed E-state index contributed by atoms with van der Waals surface area (Å²) in [5.74, 6) is 0.159. The molecule has 0 spiro atoms. The summed E-state index contributed by atoms with van der Waals surface area (Å²) < 4.78 is 0. The first-order valence-corrected chi connectivity index (χ1v) is 4.90. The molecule has 1 rings (SSSR count). The third kappa shape index (κ3) is 3.59. The van der Waals surface area contributed by atoms with E-state index in [-0.39, 0.29) is 17.6 Å². The van der Waals surface area contributed by atoms with Gasteiger partial charge in [-0.15, -0.1) is 0 Å². The van der Waals surface area contributed by atoms with Crippen molar-refractivity contribution in [3.05, 3.63) is 29.8 Å². The first-order chi connectivity index (χ1) is 7.13. The third-order valence-corrected chi connectivity index (χ3v) is 2.12. The zero-order chi connectivity index (χ0) is 11.3. The Labute approximate surface area is 89.1 Å². The van der Waals surface area contributed by atoms with E-state index in [1.807, 2.05) is 6.92 Å². The highest BCUT2D eigenvalue weighted by Crippen LogP contribution is 2.10. The van der Waals surface area contributed by atoms with Crippen LogP contribution < -0.4 is 11.1 Å². The number of carbonyl (C=O) groups is 1. The molecule has 0 radical (unpaired) electrons. The Hall–Kier alpha value is -1.55. The Morgan fingerprint density at radius 1 is 1.60 bits per heavy atom. The van der Waals surface area contributed by atoms with Crippen molar-refractivity contribution in [3.8, 4) is 5.75 Å². The minimum atomic E-state index is -0.189. The molecule has 15 heavy (non-hydrogen) atoms. The van der Waals surface area contributed by atoms with E-state index in [1.54, 1.807) is 12.1 Å². The van der Waals surface area contributed by atoms with Gasteiger partial charge in [0.1, 0.15) is 5.75 Å². The Bertz CT molecular complexity index is 339. The van der Waals surface area contributed by atoms with Gasteiger partial charge >= 0.3 is 0 Å². The van der Waals surface area contributed by atoms with Crippen LogP contribution in [0.2, 0.25) is 0 Å². The number of benzene rings is 1. The number of hydrogen-bond acceptors (Lipinski definition) is 3. The van der Waals surface area contributed by atoms with Gasteiger partial charge in [-0.2, -0.15) is 0 Å². The van der Waals surface area contributed by atoms with E-state index in [2.05, 4.69) is 5.32 Å². The predicted octanol–water partition coefficient (Wildman–Crippen LogP) is 0.717. The molecular formula is C11H16N2O2. The molecule has 0 heterocycles. The van der Waals surface area contributed by atoms with Crippen LogP contribution in [0, 0.1) is 5.92 Å². The molecular weight excluding hydrogens is 192 g/mol. The maximum Gasteiger partial charge on any atom is 0.251 e. The summed E-state index contributed by atoms with van der Waals surface area (Å²) in [5.41, 5.74) is 5.89. The van der Waals surface area contributed by atoms with Crippen molar-refractivity contribution in [2.75, 3.05) is 13.1 Å². The second kappa shape index (κ2) is 5.36. The highest BCUT2D eigenvalue weighted by Gasteiger charge is 2.07. The molecule has 4 heteroatoms. The van der Waals surface area contributed by atoms with Crippen molar-refractivity contribution in [3.63, 3.8) is 0 Å². The quantitative estimate of drug-likeness (QED) is 0.682. The van der Waals surface area contributed by atoms with Crippen LogP contribution in [0.3, 0.4) is 0 Å². The van der Waals surface area contributed by atoms with Crippen LogP contribution >= 0.6 is 0 Å². The fourth-order valence-corrected chi connectivity index (χ4v) is 1.10. The molecule has 0 saturated heterocycles. The van der Waals surface area contributed by atoms with E-state index in [0.717, 1.165) is 0 Å². The van der Waals surface area contributed by atoms with Crippen LogP contribution in [-0.2, 0) is 0 Å². The van der Waals surface area contributed by atoms with Crippen molar-refractivity contribution >= 4 is 5.91 Å². The molecule has 0 bridgehead atoms. The van der Waals surface area contributed by atoms with Crippen LogP contribution in [-0.4, -0.2) is 24.1 Å². The van der Waals surface area contributed by atoms with E-state index < -0.39 is 0 Å². The summed E-state index contributed by atoms with van der Waals surface area (Å²) in [4.78, 5) is 11.6. The molecule has 0 aromatic heterocycles. The lowest BCUT2D eigenvalue weighted by Gasteiger charge is -2.09. The Balaban J connectivity index is 2.54. The number of hydrogen-bond donors (Lipinski definition) is 3. The topological polar surface area (TPSA) is 75.3 Å². The summed E-state index contributed by atoms with van der Waals surface area (Å²) in [6, 6.07) is 6.25. The molecule has 1 unspecified atom stereocenters. The van der Waals surface area contributed by atoms with Gasteiger partial charge in [0.25, 0.3) is 5.91 Å². The lowest BCUT2D eigenvalue weighted by molar-refractivity contribution is 0.0948. The molecule has 0 aliphatic heterocycles. The van der Waals surface area contributed by atoms with Crippen molar-refractivity contribution in [1.82, 2.24) is 5.32 Å². The molecule has 1 aromatic rings. The molecule has 82 valence electrons. The summed E-state index contributed by atoms with van der Waals surface area (Å²) in [6.45, 7) is 3.05. The van der Waals surface area contributed by atoms with Crippen LogP contribution in [0.4, 0.5) is 0 Å². The van der Waals surface area contributed by atoms with Crippen LogP contribution in [0.1, 0.15) is 17.3 Å². The fraction of sp³-hybridized carbons (Fsp3) is 0.364. The standard InChI is InChI=1S/C11H16N2O2/c1-8(6-12)7-13-11(15)9-3-2-4-10(14)5-9/h2-5,8,14H,6-7,12H2,1H3,(H,13,15). The fourth-order valence-electron chi connectivity index (χ4n) is 1.10. The molecule has 4 nitrogen and oxygen atoms in total. The number of phenolic OH excluding ortho intramolecular Hbond substituents is 1. The van der Waals surface area contributed by atoms with Gasteiger partial charge in [0.05, 0.1) is 0 Å². The zero-order valence-corrected chi connectivity index (χ0v) is 8.73. The van der Waals surface area contributed by atoms with Gasteiger partial charge in [0.2, 0.25) is 0 Å². The maximum absolute atomic E-state index is 11.6. The minimum absolute atomic E-state index is 0.0922. The molecule has 1 amide bonds. The summed E-state index contributed by atoms with van der Waals surface area (Å²) in [7, 11) is 0. The van der Waals surface area contributed by atoms with Crippen molar-refractivity contribution in [2.24, 2.45) is 11.7 Å². The average molecular weight is 208 g/mol. The largest absolute Gasteiger partial charge is 0.508 e. The predicted molar refractivity (Wildman–Crippen MR) is 58.7 cm³/mol. The van der Waals surface area contributed by atoms with E-state index in [9.17, 15) is 9.90 Å². The second-order valence-electron chi connectivity index (χ2n) is 3.60.